The lowest BCUT2D eigenvalue weighted by Gasteiger charge is -2.16. The highest BCUT2D eigenvalue weighted by Gasteiger charge is 2.46. The Hall–Kier alpha value is -1.69. The molecule has 0 amide bonds. The Balaban J connectivity index is 2.25. The van der Waals surface area contributed by atoms with Crippen LogP contribution < -0.4 is 4.74 Å². The molecule has 0 radical (unpaired) electrons. The van der Waals surface area contributed by atoms with Gasteiger partial charge < -0.3 is 9.47 Å². The van der Waals surface area contributed by atoms with E-state index >= 15 is 0 Å². The van der Waals surface area contributed by atoms with Crippen LogP contribution in [0.4, 0.5) is 10.1 Å². The number of benzene rings is 1. The van der Waals surface area contributed by atoms with E-state index in [0.717, 1.165) is 31.0 Å². The number of rotatable bonds is 5. The van der Waals surface area contributed by atoms with E-state index in [9.17, 15) is 14.5 Å². The zero-order valence-corrected chi connectivity index (χ0v) is 9.31. The standard InChI is InChI=1S/C11H12FNO4/c1-16-7-11(4-5-11)17-10-6-8(12)2-3-9(10)13(14)15/h2-3,6H,4-5,7H2,1H3. The number of ether oxygens (including phenoxy) is 2. The van der Waals surface area contributed by atoms with Gasteiger partial charge in [0.25, 0.3) is 0 Å². The second-order valence-corrected chi connectivity index (χ2v) is 4.09. The van der Waals surface area contributed by atoms with Gasteiger partial charge in [0.2, 0.25) is 5.75 Å². The van der Waals surface area contributed by atoms with Crippen LogP contribution in [-0.2, 0) is 4.74 Å². The Morgan fingerprint density at radius 1 is 1.53 bits per heavy atom. The number of nitro benzene ring substituents is 1. The van der Waals surface area contributed by atoms with Crippen LogP contribution in [0.1, 0.15) is 12.8 Å². The molecule has 0 saturated heterocycles. The zero-order chi connectivity index (χ0) is 12.5. The van der Waals surface area contributed by atoms with Gasteiger partial charge in [0.05, 0.1) is 11.5 Å². The topological polar surface area (TPSA) is 61.6 Å². The molecule has 6 heteroatoms. The highest BCUT2D eigenvalue weighted by molar-refractivity contribution is 5.47. The summed E-state index contributed by atoms with van der Waals surface area (Å²) in [5, 5.41) is 10.8. The number of hydrogen-bond donors (Lipinski definition) is 0. The Morgan fingerprint density at radius 2 is 2.24 bits per heavy atom. The molecule has 5 nitrogen and oxygen atoms in total. The van der Waals surface area contributed by atoms with Gasteiger partial charge in [-0.15, -0.1) is 0 Å². The fourth-order valence-corrected chi connectivity index (χ4v) is 1.63. The molecule has 0 N–H and O–H groups in total. The molecular formula is C11H12FNO4. The summed E-state index contributed by atoms with van der Waals surface area (Å²) in [5.74, 6) is -0.594. The average Bonchev–Trinajstić information content (AvgIpc) is 2.98. The van der Waals surface area contributed by atoms with Crippen molar-refractivity contribution in [3.05, 3.63) is 34.1 Å². The van der Waals surface area contributed by atoms with Crippen LogP contribution in [0.2, 0.25) is 0 Å². The first-order valence-electron chi connectivity index (χ1n) is 5.18. The van der Waals surface area contributed by atoms with Crippen molar-refractivity contribution in [1.29, 1.82) is 0 Å². The number of nitro groups is 1. The fraction of sp³-hybridized carbons (Fsp3) is 0.455. The Morgan fingerprint density at radius 3 is 2.76 bits per heavy atom. The molecule has 1 saturated carbocycles. The Labute approximate surface area is 97.3 Å². The molecule has 1 aliphatic rings. The summed E-state index contributed by atoms with van der Waals surface area (Å²) in [7, 11) is 1.53. The minimum atomic E-state index is -0.586. The van der Waals surface area contributed by atoms with E-state index in [0.29, 0.717) is 6.61 Å². The van der Waals surface area contributed by atoms with E-state index in [1.54, 1.807) is 0 Å². The van der Waals surface area contributed by atoms with Crippen molar-refractivity contribution >= 4 is 5.69 Å². The van der Waals surface area contributed by atoms with Gasteiger partial charge >= 0.3 is 5.69 Å². The fourth-order valence-electron chi connectivity index (χ4n) is 1.63. The van der Waals surface area contributed by atoms with E-state index in [2.05, 4.69) is 0 Å². The molecule has 0 spiro atoms. The maximum Gasteiger partial charge on any atom is 0.311 e. The van der Waals surface area contributed by atoms with E-state index in [1.807, 2.05) is 0 Å². The first kappa shape index (κ1) is 11.8. The van der Waals surface area contributed by atoms with Crippen molar-refractivity contribution in [1.82, 2.24) is 0 Å². The lowest BCUT2D eigenvalue weighted by Crippen LogP contribution is -2.24. The monoisotopic (exact) mass is 241 g/mol. The van der Waals surface area contributed by atoms with Crippen LogP contribution in [0.5, 0.6) is 5.75 Å². The van der Waals surface area contributed by atoms with Crippen molar-refractivity contribution in [3.8, 4) is 5.75 Å². The van der Waals surface area contributed by atoms with Crippen LogP contribution in [-0.4, -0.2) is 24.2 Å². The maximum atomic E-state index is 13.1. The summed E-state index contributed by atoms with van der Waals surface area (Å²) in [5.41, 5.74) is -0.749. The highest BCUT2D eigenvalue weighted by Crippen LogP contribution is 2.43. The number of methoxy groups -OCH3 is 1. The van der Waals surface area contributed by atoms with E-state index in [4.69, 9.17) is 9.47 Å². The van der Waals surface area contributed by atoms with Gasteiger partial charge in [-0.25, -0.2) is 4.39 Å². The molecule has 0 aromatic heterocycles. The molecule has 0 heterocycles. The van der Waals surface area contributed by atoms with Crippen molar-refractivity contribution < 1.29 is 18.8 Å². The first-order valence-corrected chi connectivity index (χ1v) is 5.18. The maximum absolute atomic E-state index is 13.1. The van der Waals surface area contributed by atoms with Gasteiger partial charge in [0.15, 0.2) is 0 Å². The van der Waals surface area contributed by atoms with Gasteiger partial charge in [-0.05, 0) is 18.9 Å². The van der Waals surface area contributed by atoms with Crippen LogP contribution in [0.15, 0.2) is 18.2 Å². The molecule has 92 valence electrons. The molecule has 1 aliphatic carbocycles. The lowest BCUT2D eigenvalue weighted by molar-refractivity contribution is -0.386. The van der Waals surface area contributed by atoms with E-state index in [1.165, 1.54) is 7.11 Å². The van der Waals surface area contributed by atoms with E-state index in [-0.39, 0.29) is 11.4 Å². The van der Waals surface area contributed by atoms with Gasteiger partial charge in [0.1, 0.15) is 11.4 Å². The second kappa shape index (κ2) is 4.29. The highest BCUT2D eigenvalue weighted by atomic mass is 19.1. The predicted molar refractivity (Wildman–Crippen MR) is 57.5 cm³/mol. The Kier molecular flexibility index (Phi) is 2.97. The molecule has 2 rings (SSSR count). The van der Waals surface area contributed by atoms with Crippen molar-refractivity contribution in [2.75, 3.05) is 13.7 Å². The van der Waals surface area contributed by atoms with Gasteiger partial charge in [-0.3, -0.25) is 10.1 Å². The van der Waals surface area contributed by atoms with Crippen molar-refractivity contribution in [2.45, 2.75) is 18.4 Å². The molecule has 1 aromatic carbocycles. The number of halogens is 1. The predicted octanol–water partition coefficient (Wildman–Crippen LogP) is 2.29. The summed E-state index contributed by atoms with van der Waals surface area (Å²) in [6.45, 7) is 0.348. The second-order valence-electron chi connectivity index (χ2n) is 4.09. The summed E-state index contributed by atoms with van der Waals surface area (Å²) in [6.07, 6.45) is 1.52. The molecule has 0 atom stereocenters. The molecule has 17 heavy (non-hydrogen) atoms. The summed E-state index contributed by atoms with van der Waals surface area (Å²) in [4.78, 5) is 10.2. The van der Waals surface area contributed by atoms with Gasteiger partial charge in [-0.1, -0.05) is 0 Å². The van der Waals surface area contributed by atoms with Crippen LogP contribution in [0.25, 0.3) is 0 Å². The summed E-state index contributed by atoms with van der Waals surface area (Å²) in [6, 6.07) is 3.18. The normalized spacial score (nSPS) is 16.6. The van der Waals surface area contributed by atoms with Crippen LogP contribution in [0.3, 0.4) is 0 Å². The summed E-state index contributed by atoms with van der Waals surface area (Å²) >= 11 is 0. The minimum absolute atomic E-state index is 0.0375. The van der Waals surface area contributed by atoms with Gasteiger partial charge in [-0.2, -0.15) is 0 Å². The molecule has 1 fully saturated rings. The van der Waals surface area contributed by atoms with Crippen LogP contribution in [0, 0.1) is 15.9 Å². The number of hydrogen-bond acceptors (Lipinski definition) is 4. The third kappa shape index (κ3) is 2.52. The molecule has 1 aromatic rings. The minimum Gasteiger partial charge on any atom is -0.478 e. The Bertz CT molecular complexity index is 445. The molecule has 0 unspecified atom stereocenters. The third-order valence-corrected chi connectivity index (χ3v) is 2.66. The lowest BCUT2D eigenvalue weighted by atomic mass is 10.2. The third-order valence-electron chi connectivity index (χ3n) is 2.66. The van der Waals surface area contributed by atoms with Crippen molar-refractivity contribution in [3.63, 3.8) is 0 Å². The summed E-state index contributed by atoms with van der Waals surface area (Å²) < 4.78 is 23.6. The van der Waals surface area contributed by atoms with E-state index < -0.39 is 16.3 Å². The smallest absolute Gasteiger partial charge is 0.311 e. The zero-order valence-electron chi connectivity index (χ0n) is 9.31. The first-order chi connectivity index (χ1) is 8.06. The molecular weight excluding hydrogens is 229 g/mol. The molecule has 0 bridgehead atoms. The molecule has 0 aliphatic heterocycles. The quantitative estimate of drug-likeness (QED) is 0.586. The SMILES string of the molecule is COCC1(Oc2cc(F)ccc2[N+](=O)[O-])CC1. The van der Waals surface area contributed by atoms with Crippen molar-refractivity contribution in [2.24, 2.45) is 0 Å². The van der Waals surface area contributed by atoms with Crippen LogP contribution >= 0.6 is 0 Å². The largest absolute Gasteiger partial charge is 0.478 e. The number of nitrogens with zero attached hydrogens (tertiary/aromatic N) is 1. The van der Waals surface area contributed by atoms with Gasteiger partial charge in [0, 0.05) is 19.2 Å². The average molecular weight is 241 g/mol.